The third-order valence-corrected chi connectivity index (χ3v) is 4.73. The number of nitrogens with zero attached hydrogens (tertiary/aromatic N) is 1. The summed E-state index contributed by atoms with van der Waals surface area (Å²) in [4.78, 5) is 26.2. The minimum absolute atomic E-state index is 0.0598. The summed E-state index contributed by atoms with van der Waals surface area (Å²) in [5, 5.41) is 2.94. The van der Waals surface area contributed by atoms with Gasteiger partial charge in [0.2, 0.25) is 0 Å². The van der Waals surface area contributed by atoms with Gasteiger partial charge >= 0.3 is 0 Å². The second kappa shape index (κ2) is 6.34. The first-order chi connectivity index (χ1) is 11.0. The van der Waals surface area contributed by atoms with E-state index in [-0.39, 0.29) is 16.8 Å². The molecule has 0 saturated carbocycles. The maximum absolute atomic E-state index is 12.7. The lowest BCUT2D eigenvalue weighted by molar-refractivity contribution is -0.120. The topological polar surface area (TPSA) is 58.6 Å². The number of anilines is 1. The van der Waals surface area contributed by atoms with Gasteiger partial charge in [0, 0.05) is 13.2 Å². The zero-order valence-corrected chi connectivity index (χ0v) is 13.9. The highest BCUT2D eigenvalue weighted by Crippen LogP contribution is 2.31. The van der Waals surface area contributed by atoms with Crippen LogP contribution >= 0.6 is 11.6 Å². The fourth-order valence-corrected chi connectivity index (χ4v) is 3.11. The molecule has 1 fully saturated rings. The SMILES string of the molecule is Cc1cccc(N2C(=O)C(Cl)=C(NCC3CCCO3)C2=O)c1C. The van der Waals surface area contributed by atoms with Crippen LogP contribution in [-0.2, 0) is 14.3 Å². The van der Waals surface area contributed by atoms with E-state index in [0.29, 0.717) is 12.2 Å². The predicted molar refractivity (Wildman–Crippen MR) is 88.3 cm³/mol. The lowest BCUT2D eigenvalue weighted by Gasteiger charge is -2.19. The van der Waals surface area contributed by atoms with Gasteiger partial charge < -0.3 is 10.1 Å². The number of imide groups is 1. The molecule has 1 atom stereocenters. The Hall–Kier alpha value is -1.85. The lowest BCUT2D eigenvalue weighted by atomic mass is 10.1. The van der Waals surface area contributed by atoms with E-state index in [1.807, 2.05) is 26.0 Å². The number of ether oxygens (including phenoxy) is 1. The van der Waals surface area contributed by atoms with Crippen molar-refractivity contribution in [2.75, 3.05) is 18.1 Å². The van der Waals surface area contributed by atoms with Gasteiger partial charge in [0.25, 0.3) is 11.8 Å². The number of aryl methyl sites for hydroxylation is 1. The molecule has 122 valence electrons. The number of carbonyl (C=O) groups is 2. The van der Waals surface area contributed by atoms with Crippen LogP contribution in [0.2, 0.25) is 0 Å². The molecule has 1 saturated heterocycles. The molecule has 0 radical (unpaired) electrons. The molecule has 6 heteroatoms. The molecule has 0 spiro atoms. The molecule has 2 aliphatic rings. The van der Waals surface area contributed by atoms with Gasteiger partial charge in [0.15, 0.2) is 0 Å². The van der Waals surface area contributed by atoms with Crippen molar-refractivity contribution in [2.45, 2.75) is 32.8 Å². The highest BCUT2D eigenvalue weighted by Gasteiger charge is 2.39. The van der Waals surface area contributed by atoms with E-state index >= 15 is 0 Å². The minimum Gasteiger partial charge on any atom is -0.377 e. The number of rotatable bonds is 4. The van der Waals surface area contributed by atoms with Crippen LogP contribution < -0.4 is 10.2 Å². The highest BCUT2D eigenvalue weighted by atomic mass is 35.5. The maximum Gasteiger partial charge on any atom is 0.283 e. The first kappa shape index (κ1) is 16.0. The number of hydrogen-bond donors (Lipinski definition) is 1. The van der Waals surface area contributed by atoms with Crippen LogP contribution in [0.4, 0.5) is 5.69 Å². The molecule has 5 nitrogen and oxygen atoms in total. The monoisotopic (exact) mass is 334 g/mol. The molecule has 1 unspecified atom stereocenters. The number of nitrogens with one attached hydrogen (secondary N) is 1. The van der Waals surface area contributed by atoms with Crippen LogP contribution in [0.5, 0.6) is 0 Å². The van der Waals surface area contributed by atoms with Crippen LogP contribution in [0.15, 0.2) is 28.9 Å². The molecule has 0 aliphatic carbocycles. The fraction of sp³-hybridized carbons (Fsp3) is 0.412. The van der Waals surface area contributed by atoms with Crippen LogP contribution in [0, 0.1) is 13.8 Å². The fourth-order valence-electron chi connectivity index (χ4n) is 2.87. The van der Waals surface area contributed by atoms with Gasteiger partial charge in [-0.25, -0.2) is 4.90 Å². The maximum atomic E-state index is 12.7. The molecule has 2 heterocycles. The molecule has 1 N–H and O–H groups in total. The Morgan fingerprint density at radius 1 is 1.30 bits per heavy atom. The Bertz CT molecular complexity index is 693. The molecular formula is C17H19ClN2O3. The summed E-state index contributed by atoms with van der Waals surface area (Å²) in [5.74, 6) is -0.896. The van der Waals surface area contributed by atoms with E-state index in [4.69, 9.17) is 16.3 Å². The summed E-state index contributed by atoms with van der Waals surface area (Å²) in [6.45, 7) is 5.04. The lowest BCUT2D eigenvalue weighted by Crippen LogP contribution is -2.35. The summed E-state index contributed by atoms with van der Waals surface area (Å²) in [7, 11) is 0. The quantitative estimate of drug-likeness (QED) is 0.859. The van der Waals surface area contributed by atoms with Gasteiger partial charge in [-0.15, -0.1) is 0 Å². The summed E-state index contributed by atoms with van der Waals surface area (Å²) in [5.41, 5.74) is 2.64. The summed E-state index contributed by atoms with van der Waals surface area (Å²) in [6, 6.07) is 5.52. The van der Waals surface area contributed by atoms with Crippen molar-refractivity contribution in [3.63, 3.8) is 0 Å². The second-order valence-electron chi connectivity index (χ2n) is 5.87. The third kappa shape index (κ3) is 2.86. The van der Waals surface area contributed by atoms with Crippen LogP contribution in [0.1, 0.15) is 24.0 Å². The highest BCUT2D eigenvalue weighted by molar-refractivity contribution is 6.52. The van der Waals surface area contributed by atoms with Crippen LogP contribution in [0.25, 0.3) is 0 Å². The molecule has 3 rings (SSSR count). The Morgan fingerprint density at radius 2 is 2.09 bits per heavy atom. The number of benzene rings is 1. The van der Waals surface area contributed by atoms with Gasteiger partial charge in [-0.2, -0.15) is 0 Å². The van der Waals surface area contributed by atoms with Crippen molar-refractivity contribution < 1.29 is 14.3 Å². The third-order valence-electron chi connectivity index (χ3n) is 4.37. The Morgan fingerprint density at radius 3 is 2.78 bits per heavy atom. The van der Waals surface area contributed by atoms with Gasteiger partial charge in [-0.05, 0) is 43.9 Å². The van der Waals surface area contributed by atoms with E-state index in [1.54, 1.807) is 6.07 Å². The standard InChI is InChI=1S/C17H19ClN2O3/c1-10-5-3-7-13(11(10)2)20-16(21)14(18)15(17(20)22)19-9-12-6-4-8-23-12/h3,5,7,12,19H,4,6,8-9H2,1-2H3. The number of hydrogen-bond acceptors (Lipinski definition) is 4. The molecule has 1 aromatic rings. The van der Waals surface area contributed by atoms with Crippen LogP contribution in [-0.4, -0.2) is 31.1 Å². The van der Waals surface area contributed by atoms with E-state index in [0.717, 1.165) is 35.5 Å². The van der Waals surface area contributed by atoms with Crippen molar-refractivity contribution in [3.8, 4) is 0 Å². The predicted octanol–water partition coefficient (Wildman–Crippen LogP) is 2.40. The molecule has 2 aliphatic heterocycles. The summed E-state index contributed by atoms with van der Waals surface area (Å²) >= 11 is 6.11. The van der Waals surface area contributed by atoms with Crippen molar-refractivity contribution in [3.05, 3.63) is 40.1 Å². The number of amides is 2. The van der Waals surface area contributed by atoms with E-state index in [9.17, 15) is 9.59 Å². The molecule has 23 heavy (non-hydrogen) atoms. The second-order valence-corrected chi connectivity index (χ2v) is 6.25. The normalized spacial score (nSPS) is 21.5. The van der Waals surface area contributed by atoms with Gasteiger partial charge in [0.1, 0.15) is 10.7 Å². The smallest absolute Gasteiger partial charge is 0.283 e. The van der Waals surface area contributed by atoms with Crippen molar-refractivity contribution in [1.29, 1.82) is 0 Å². The van der Waals surface area contributed by atoms with E-state index in [2.05, 4.69) is 5.32 Å². The zero-order valence-electron chi connectivity index (χ0n) is 13.2. The van der Waals surface area contributed by atoms with Crippen molar-refractivity contribution in [2.24, 2.45) is 0 Å². The Labute approximate surface area is 140 Å². The number of halogens is 1. The average Bonchev–Trinajstić information content (AvgIpc) is 3.11. The van der Waals surface area contributed by atoms with Crippen molar-refractivity contribution in [1.82, 2.24) is 5.32 Å². The van der Waals surface area contributed by atoms with Crippen molar-refractivity contribution >= 4 is 29.1 Å². The first-order valence-electron chi connectivity index (χ1n) is 7.71. The van der Waals surface area contributed by atoms with Gasteiger partial charge in [0.05, 0.1) is 11.8 Å². The molecule has 1 aromatic carbocycles. The molecular weight excluding hydrogens is 316 g/mol. The van der Waals surface area contributed by atoms with Gasteiger partial charge in [-0.3, -0.25) is 9.59 Å². The Balaban J connectivity index is 1.82. The molecule has 0 aromatic heterocycles. The first-order valence-corrected chi connectivity index (χ1v) is 8.08. The van der Waals surface area contributed by atoms with Gasteiger partial charge in [-0.1, -0.05) is 23.7 Å². The van der Waals surface area contributed by atoms with E-state index in [1.165, 1.54) is 0 Å². The zero-order chi connectivity index (χ0) is 16.6. The average molecular weight is 335 g/mol. The summed E-state index contributed by atoms with van der Waals surface area (Å²) in [6.07, 6.45) is 2.02. The molecule has 2 amide bonds. The minimum atomic E-state index is -0.486. The summed E-state index contributed by atoms with van der Waals surface area (Å²) < 4.78 is 5.52. The Kier molecular flexibility index (Phi) is 4.41. The number of carbonyl (C=O) groups excluding carboxylic acids is 2. The largest absolute Gasteiger partial charge is 0.377 e. The van der Waals surface area contributed by atoms with Crippen LogP contribution in [0.3, 0.4) is 0 Å². The van der Waals surface area contributed by atoms with E-state index < -0.39 is 11.8 Å². The molecule has 0 bridgehead atoms.